The second kappa shape index (κ2) is 3.85. The van der Waals surface area contributed by atoms with Gasteiger partial charge in [-0.15, -0.1) is 0 Å². The van der Waals surface area contributed by atoms with Crippen LogP contribution in [0.25, 0.3) is 0 Å². The fourth-order valence-corrected chi connectivity index (χ4v) is 4.00. The van der Waals surface area contributed by atoms with E-state index in [0.29, 0.717) is 0 Å². The van der Waals surface area contributed by atoms with Gasteiger partial charge in [0.25, 0.3) is 0 Å². The monoisotopic (exact) mass is 246 g/mol. The predicted molar refractivity (Wildman–Crippen MR) is 66.7 cm³/mol. The van der Waals surface area contributed by atoms with Crippen LogP contribution in [0.2, 0.25) is 0 Å². The summed E-state index contributed by atoms with van der Waals surface area (Å²) < 4.78 is 0. The predicted octanol–water partition coefficient (Wildman–Crippen LogP) is -4.19. The number of nitrogens with one attached hydrogen (secondary N) is 3. The van der Waals surface area contributed by atoms with Gasteiger partial charge < -0.3 is 0 Å². The molecule has 4 saturated heterocycles. The van der Waals surface area contributed by atoms with Crippen LogP contribution in [0, 0.1) is 0 Å². The summed E-state index contributed by atoms with van der Waals surface area (Å²) in [5.74, 6) is 0. The number of pyridine rings is 1. The lowest BCUT2D eigenvalue weighted by Gasteiger charge is -2.50. The van der Waals surface area contributed by atoms with Crippen molar-refractivity contribution in [3.63, 3.8) is 0 Å². The largest absolute Gasteiger partial charge is 0.267 e. The third-order valence-corrected chi connectivity index (χ3v) is 4.40. The highest BCUT2D eigenvalue weighted by molar-refractivity contribution is 5.77. The van der Waals surface area contributed by atoms with Crippen molar-refractivity contribution >= 4 is 6.21 Å². The van der Waals surface area contributed by atoms with E-state index in [9.17, 15) is 0 Å². The maximum atomic E-state index is 4.94. The summed E-state index contributed by atoms with van der Waals surface area (Å²) in [6.45, 7) is 7.52. The number of hydrogen-bond acceptors (Lipinski definition) is 2. The van der Waals surface area contributed by atoms with Gasteiger partial charge >= 0.3 is 0 Å². The summed E-state index contributed by atoms with van der Waals surface area (Å²) in [6.07, 6.45) is 3.81. The molecule has 4 bridgehead atoms. The van der Waals surface area contributed by atoms with Crippen molar-refractivity contribution in [1.29, 1.82) is 0 Å². The van der Waals surface area contributed by atoms with E-state index in [4.69, 9.17) is 4.99 Å². The van der Waals surface area contributed by atoms with Crippen molar-refractivity contribution in [2.45, 2.75) is 5.54 Å². The standard InChI is InChI=1S/C13H17N5/c1-2-4-14-12(3-1)5-15-13-6-16-9-17(7-13)11-18(8-13)10-16/h1-5H,6-11H2/p+3. The zero-order valence-corrected chi connectivity index (χ0v) is 10.5. The molecule has 0 aliphatic carbocycles. The Morgan fingerprint density at radius 1 is 1.06 bits per heavy atom. The molecule has 5 nitrogen and oxygen atoms in total. The highest BCUT2D eigenvalue weighted by atomic mass is 15.6. The van der Waals surface area contributed by atoms with Crippen LogP contribution in [0.3, 0.4) is 0 Å². The molecule has 0 radical (unpaired) electrons. The maximum Gasteiger partial charge on any atom is 0.213 e. The van der Waals surface area contributed by atoms with Crippen LogP contribution in [-0.4, -0.2) is 56.4 Å². The second-order valence-corrected chi connectivity index (χ2v) is 6.05. The van der Waals surface area contributed by atoms with Crippen LogP contribution in [0.4, 0.5) is 0 Å². The molecule has 5 heteroatoms. The minimum absolute atomic E-state index is 0.173. The molecule has 0 saturated carbocycles. The Labute approximate surface area is 107 Å². The quantitative estimate of drug-likeness (QED) is 0.455. The third kappa shape index (κ3) is 1.75. The summed E-state index contributed by atoms with van der Waals surface area (Å²) in [5, 5.41) is 0. The first kappa shape index (κ1) is 10.6. The van der Waals surface area contributed by atoms with Crippen LogP contribution < -0.4 is 14.7 Å². The molecule has 1 aromatic heterocycles. The van der Waals surface area contributed by atoms with Gasteiger partial charge in [0.2, 0.25) is 25.5 Å². The molecule has 0 amide bonds. The molecular formula is C13H20N5+3. The van der Waals surface area contributed by atoms with Gasteiger partial charge in [-0.2, -0.15) is 0 Å². The average Bonchev–Trinajstić information content (AvgIpc) is 2.36. The second-order valence-electron chi connectivity index (χ2n) is 6.05. The Balaban J connectivity index is 1.59. The fraction of sp³-hybridized carbons (Fsp3) is 0.538. The van der Waals surface area contributed by atoms with Crippen molar-refractivity contribution in [2.24, 2.45) is 4.99 Å². The lowest BCUT2D eigenvalue weighted by atomic mass is 9.92. The maximum absolute atomic E-state index is 4.94. The van der Waals surface area contributed by atoms with Gasteiger partial charge in [-0.25, -0.2) is 14.7 Å². The normalized spacial score (nSPS) is 41.7. The Kier molecular flexibility index (Phi) is 2.27. The minimum atomic E-state index is 0.173. The molecule has 0 atom stereocenters. The van der Waals surface area contributed by atoms with Crippen LogP contribution in [0.5, 0.6) is 0 Å². The molecule has 3 N–H and O–H groups in total. The molecule has 18 heavy (non-hydrogen) atoms. The summed E-state index contributed by atoms with van der Waals surface area (Å²) >= 11 is 0. The molecule has 0 unspecified atom stereocenters. The van der Waals surface area contributed by atoms with Gasteiger partial charge in [0.05, 0.1) is 5.69 Å². The van der Waals surface area contributed by atoms with Crippen molar-refractivity contribution in [3.8, 4) is 0 Å². The van der Waals surface area contributed by atoms with Crippen LogP contribution in [-0.2, 0) is 0 Å². The van der Waals surface area contributed by atoms with E-state index in [0.717, 1.165) is 5.69 Å². The Bertz CT molecular complexity index is 434. The van der Waals surface area contributed by atoms with Gasteiger partial charge in [0, 0.05) is 12.4 Å². The van der Waals surface area contributed by atoms with Crippen molar-refractivity contribution in [2.75, 3.05) is 39.6 Å². The minimum Gasteiger partial charge on any atom is -0.267 e. The fourth-order valence-electron chi connectivity index (χ4n) is 4.00. The Hall–Kier alpha value is -1.30. The summed E-state index contributed by atoms with van der Waals surface area (Å²) in [7, 11) is 0. The van der Waals surface area contributed by atoms with Crippen LogP contribution >= 0.6 is 0 Å². The van der Waals surface area contributed by atoms with Gasteiger partial charge in [-0.1, -0.05) is 6.07 Å². The summed E-state index contributed by atoms with van der Waals surface area (Å²) in [4.78, 5) is 14.4. The van der Waals surface area contributed by atoms with E-state index in [1.165, 1.54) is 39.6 Å². The number of nitrogens with zero attached hydrogens (tertiary/aromatic N) is 2. The SMILES string of the molecule is C(=NC12C[NH+]3C[NH+](C[NH+](C3)C1)C2)c1ccccn1. The molecule has 5 rings (SSSR count). The van der Waals surface area contributed by atoms with E-state index < -0.39 is 0 Å². The Morgan fingerprint density at radius 2 is 1.72 bits per heavy atom. The number of quaternary nitrogens is 3. The summed E-state index contributed by atoms with van der Waals surface area (Å²) in [6, 6.07) is 5.99. The first-order valence-electron chi connectivity index (χ1n) is 6.78. The van der Waals surface area contributed by atoms with Crippen LogP contribution in [0.15, 0.2) is 29.4 Å². The first-order valence-corrected chi connectivity index (χ1v) is 6.78. The van der Waals surface area contributed by atoms with E-state index in [1.54, 1.807) is 14.7 Å². The number of aliphatic imine (C=N–C) groups is 1. The molecule has 4 aliphatic heterocycles. The number of aromatic nitrogens is 1. The topological polar surface area (TPSA) is 38.6 Å². The average molecular weight is 246 g/mol. The summed E-state index contributed by atoms with van der Waals surface area (Å²) in [5.41, 5.74) is 1.15. The highest BCUT2D eigenvalue weighted by Gasteiger charge is 2.57. The third-order valence-electron chi connectivity index (χ3n) is 4.40. The molecule has 4 fully saturated rings. The molecular weight excluding hydrogens is 226 g/mol. The molecule has 5 heterocycles. The van der Waals surface area contributed by atoms with Crippen molar-refractivity contribution in [3.05, 3.63) is 30.1 Å². The van der Waals surface area contributed by atoms with Gasteiger partial charge in [-0.05, 0) is 12.1 Å². The number of rotatable bonds is 2. The van der Waals surface area contributed by atoms with Crippen LogP contribution in [0.1, 0.15) is 5.69 Å². The molecule has 1 aromatic rings. The van der Waals surface area contributed by atoms with Gasteiger partial charge in [-0.3, -0.25) is 9.98 Å². The zero-order chi connectivity index (χ0) is 12.0. The van der Waals surface area contributed by atoms with Crippen molar-refractivity contribution < 1.29 is 14.7 Å². The van der Waals surface area contributed by atoms with E-state index in [-0.39, 0.29) is 5.54 Å². The molecule has 0 spiro atoms. The first-order chi connectivity index (χ1) is 8.81. The molecule has 94 valence electrons. The molecule has 4 aliphatic rings. The Morgan fingerprint density at radius 3 is 2.28 bits per heavy atom. The molecule has 0 aromatic carbocycles. The van der Waals surface area contributed by atoms with E-state index in [1.807, 2.05) is 30.6 Å². The lowest BCUT2D eigenvalue weighted by molar-refractivity contribution is -1.29. The lowest BCUT2D eigenvalue weighted by Crippen LogP contribution is -3.56. The van der Waals surface area contributed by atoms with Crippen molar-refractivity contribution in [1.82, 2.24) is 4.98 Å². The van der Waals surface area contributed by atoms with Gasteiger partial charge in [0.15, 0.2) is 0 Å². The number of hydrogen-bond donors (Lipinski definition) is 3. The van der Waals surface area contributed by atoms with E-state index in [2.05, 4.69) is 4.98 Å². The smallest absolute Gasteiger partial charge is 0.213 e. The van der Waals surface area contributed by atoms with Gasteiger partial charge in [0.1, 0.15) is 19.6 Å². The zero-order valence-electron chi connectivity index (χ0n) is 10.5. The van der Waals surface area contributed by atoms with E-state index >= 15 is 0 Å². The highest BCUT2D eigenvalue weighted by Crippen LogP contribution is 2.08.